The largest absolute Gasteiger partial charge is 0.368 e. The average molecular weight is 404 g/mol. The zero-order valence-corrected chi connectivity index (χ0v) is 16.3. The van der Waals surface area contributed by atoms with Gasteiger partial charge in [0, 0.05) is 29.4 Å². The molecule has 2 aromatic rings. The van der Waals surface area contributed by atoms with E-state index in [0.29, 0.717) is 25.8 Å². The molecule has 0 saturated carbocycles. The highest BCUT2D eigenvalue weighted by atomic mass is 32.1. The molecule has 28 heavy (non-hydrogen) atoms. The maximum Gasteiger partial charge on any atom is 0.243 e. The SMILES string of the molecule is NC(=O)[C@H](CS)NC(=O)[C@@H]1CCCN1C(=O)[C@@H](N)Cc1c[nH]c2ccccc12. The van der Waals surface area contributed by atoms with Crippen molar-refractivity contribution in [2.45, 2.75) is 37.4 Å². The third-order valence-electron chi connectivity index (χ3n) is 5.11. The van der Waals surface area contributed by atoms with Crippen LogP contribution in [0, 0.1) is 0 Å². The zero-order chi connectivity index (χ0) is 20.3. The summed E-state index contributed by atoms with van der Waals surface area (Å²) in [4.78, 5) is 41.5. The third-order valence-corrected chi connectivity index (χ3v) is 5.48. The second-order valence-electron chi connectivity index (χ2n) is 7.01. The molecule has 1 aromatic heterocycles. The number of nitrogens with one attached hydrogen (secondary N) is 2. The highest BCUT2D eigenvalue weighted by Crippen LogP contribution is 2.22. The number of rotatable bonds is 7. The van der Waals surface area contributed by atoms with Gasteiger partial charge < -0.3 is 26.7 Å². The summed E-state index contributed by atoms with van der Waals surface area (Å²) >= 11 is 4.03. The van der Waals surface area contributed by atoms with Gasteiger partial charge in [0.1, 0.15) is 12.1 Å². The van der Waals surface area contributed by atoms with Crippen molar-refractivity contribution in [1.29, 1.82) is 0 Å². The maximum atomic E-state index is 12.9. The van der Waals surface area contributed by atoms with Crippen molar-refractivity contribution in [3.8, 4) is 0 Å². The molecule has 9 heteroatoms. The Hall–Kier alpha value is -2.52. The molecule has 1 fully saturated rings. The molecule has 0 spiro atoms. The first-order valence-electron chi connectivity index (χ1n) is 9.24. The molecule has 1 aliphatic rings. The summed E-state index contributed by atoms with van der Waals surface area (Å²) in [5.74, 6) is -1.23. The molecule has 3 amide bonds. The number of thiol groups is 1. The zero-order valence-electron chi connectivity index (χ0n) is 15.4. The molecule has 8 nitrogen and oxygen atoms in total. The molecular weight excluding hydrogens is 378 g/mol. The summed E-state index contributed by atoms with van der Waals surface area (Å²) in [6.45, 7) is 0.459. The highest BCUT2D eigenvalue weighted by molar-refractivity contribution is 7.80. The number of hydrogen-bond acceptors (Lipinski definition) is 5. The van der Waals surface area contributed by atoms with Gasteiger partial charge >= 0.3 is 0 Å². The summed E-state index contributed by atoms with van der Waals surface area (Å²) < 4.78 is 0. The van der Waals surface area contributed by atoms with Gasteiger partial charge in [0.2, 0.25) is 17.7 Å². The summed E-state index contributed by atoms with van der Waals surface area (Å²) in [6.07, 6.45) is 3.45. The predicted molar refractivity (Wildman–Crippen MR) is 110 cm³/mol. The molecule has 3 atom stereocenters. The number of para-hydroxylation sites is 1. The number of H-pyrrole nitrogens is 1. The number of nitrogens with two attached hydrogens (primary N) is 2. The number of carbonyl (C=O) groups excluding carboxylic acids is 3. The van der Waals surface area contributed by atoms with Gasteiger partial charge in [-0.05, 0) is 30.9 Å². The van der Waals surface area contributed by atoms with Crippen molar-refractivity contribution in [1.82, 2.24) is 15.2 Å². The minimum atomic E-state index is -0.867. The van der Waals surface area contributed by atoms with Crippen LogP contribution in [0.25, 0.3) is 10.9 Å². The van der Waals surface area contributed by atoms with Crippen LogP contribution < -0.4 is 16.8 Å². The van der Waals surface area contributed by atoms with Crippen LogP contribution in [0.15, 0.2) is 30.5 Å². The summed E-state index contributed by atoms with van der Waals surface area (Å²) in [5, 5.41) is 3.60. The van der Waals surface area contributed by atoms with E-state index >= 15 is 0 Å². The van der Waals surface area contributed by atoms with Crippen molar-refractivity contribution in [3.63, 3.8) is 0 Å². The van der Waals surface area contributed by atoms with E-state index in [4.69, 9.17) is 11.5 Å². The maximum absolute atomic E-state index is 12.9. The number of hydrogen-bond donors (Lipinski definition) is 5. The number of fused-ring (bicyclic) bond motifs is 1. The van der Waals surface area contributed by atoms with Gasteiger partial charge in [0.05, 0.1) is 6.04 Å². The molecule has 150 valence electrons. The molecular formula is C19H25N5O3S. The van der Waals surface area contributed by atoms with E-state index in [9.17, 15) is 14.4 Å². The first kappa shape index (κ1) is 20.2. The lowest BCUT2D eigenvalue weighted by Crippen LogP contribution is -2.55. The van der Waals surface area contributed by atoms with E-state index in [1.165, 1.54) is 4.90 Å². The number of primary amides is 1. The van der Waals surface area contributed by atoms with Crippen molar-refractivity contribution >= 4 is 41.3 Å². The van der Waals surface area contributed by atoms with Crippen LogP contribution in [0.2, 0.25) is 0 Å². The van der Waals surface area contributed by atoms with Crippen molar-refractivity contribution < 1.29 is 14.4 Å². The standard InChI is InChI=1S/C19H25N5O3S/c20-13(8-11-9-22-14-5-2-1-4-12(11)14)19(27)24-7-3-6-16(24)18(26)23-15(10-28)17(21)25/h1-2,4-5,9,13,15-16,22,28H,3,6-8,10,20H2,(H2,21,25)(H,23,26)/t13-,15-,16-/m0/s1. The number of nitrogens with zero attached hydrogens (tertiary/aromatic N) is 1. The second-order valence-corrected chi connectivity index (χ2v) is 7.37. The van der Waals surface area contributed by atoms with Crippen LogP contribution in [0.3, 0.4) is 0 Å². The minimum Gasteiger partial charge on any atom is -0.368 e. The summed E-state index contributed by atoms with van der Waals surface area (Å²) in [5.41, 5.74) is 13.4. The summed E-state index contributed by atoms with van der Waals surface area (Å²) in [6, 6.07) is 5.53. The van der Waals surface area contributed by atoms with E-state index in [-0.39, 0.29) is 11.7 Å². The monoisotopic (exact) mass is 403 g/mol. The quantitative estimate of drug-likeness (QED) is 0.414. The molecule has 6 N–H and O–H groups in total. The van der Waals surface area contributed by atoms with Gasteiger partial charge in [-0.3, -0.25) is 14.4 Å². The van der Waals surface area contributed by atoms with Crippen molar-refractivity contribution in [2.24, 2.45) is 11.5 Å². The smallest absolute Gasteiger partial charge is 0.243 e. The van der Waals surface area contributed by atoms with Crippen LogP contribution in [-0.4, -0.2) is 58.0 Å². The van der Waals surface area contributed by atoms with Crippen molar-refractivity contribution in [3.05, 3.63) is 36.0 Å². The molecule has 0 bridgehead atoms. The van der Waals surface area contributed by atoms with Crippen LogP contribution in [-0.2, 0) is 20.8 Å². The average Bonchev–Trinajstić information content (AvgIpc) is 3.32. The molecule has 0 unspecified atom stereocenters. The number of likely N-dealkylation sites (tertiary alicyclic amines) is 1. The first-order chi connectivity index (χ1) is 13.4. The van der Waals surface area contributed by atoms with Crippen LogP contribution >= 0.6 is 12.6 Å². The molecule has 2 heterocycles. The highest BCUT2D eigenvalue weighted by Gasteiger charge is 2.37. The number of benzene rings is 1. The normalized spacial score (nSPS) is 18.8. The predicted octanol–water partition coefficient (Wildman–Crippen LogP) is -0.0714. The molecule has 0 aliphatic carbocycles. The Morgan fingerprint density at radius 1 is 1.32 bits per heavy atom. The Kier molecular flexibility index (Phi) is 6.25. The number of amides is 3. The van der Waals surface area contributed by atoms with E-state index in [1.54, 1.807) is 0 Å². The second kappa shape index (κ2) is 8.66. The fourth-order valence-electron chi connectivity index (χ4n) is 3.62. The fraction of sp³-hybridized carbons (Fsp3) is 0.421. The van der Waals surface area contributed by atoms with Crippen LogP contribution in [0.1, 0.15) is 18.4 Å². The molecule has 3 rings (SSSR count). The Balaban J connectivity index is 1.68. The van der Waals surface area contributed by atoms with Crippen LogP contribution in [0.4, 0.5) is 0 Å². The topological polar surface area (TPSA) is 134 Å². The third kappa shape index (κ3) is 4.15. The minimum absolute atomic E-state index is 0.0990. The van der Waals surface area contributed by atoms with Gasteiger partial charge in [0.15, 0.2) is 0 Å². The number of aromatic amines is 1. The number of aromatic nitrogens is 1. The Bertz CT molecular complexity index is 883. The molecule has 1 saturated heterocycles. The first-order valence-corrected chi connectivity index (χ1v) is 9.87. The van der Waals surface area contributed by atoms with E-state index in [2.05, 4.69) is 22.9 Å². The Morgan fingerprint density at radius 2 is 2.07 bits per heavy atom. The van der Waals surface area contributed by atoms with Gasteiger partial charge in [-0.15, -0.1) is 0 Å². The van der Waals surface area contributed by atoms with E-state index < -0.39 is 29.9 Å². The summed E-state index contributed by atoms with van der Waals surface area (Å²) in [7, 11) is 0. The van der Waals surface area contributed by atoms with E-state index in [0.717, 1.165) is 16.5 Å². The molecule has 1 aromatic carbocycles. The Labute approximate surface area is 168 Å². The lowest BCUT2D eigenvalue weighted by molar-refractivity contribution is -0.140. The molecule has 0 radical (unpaired) electrons. The van der Waals surface area contributed by atoms with Crippen molar-refractivity contribution in [2.75, 3.05) is 12.3 Å². The number of carbonyl (C=O) groups is 3. The van der Waals surface area contributed by atoms with Gasteiger partial charge in [0.25, 0.3) is 0 Å². The van der Waals surface area contributed by atoms with Gasteiger partial charge in [-0.1, -0.05) is 18.2 Å². The van der Waals surface area contributed by atoms with Crippen LogP contribution in [0.5, 0.6) is 0 Å². The fourth-order valence-corrected chi connectivity index (χ4v) is 3.89. The van der Waals surface area contributed by atoms with Gasteiger partial charge in [-0.2, -0.15) is 12.6 Å². The van der Waals surface area contributed by atoms with E-state index in [1.807, 2.05) is 30.5 Å². The Morgan fingerprint density at radius 3 is 2.79 bits per heavy atom. The lowest BCUT2D eigenvalue weighted by Gasteiger charge is -2.27. The van der Waals surface area contributed by atoms with Gasteiger partial charge in [-0.25, -0.2) is 0 Å². The lowest BCUT2D eigenvalue weighted by atomic mass is 10.0. The molecule has 1 aliphatic heterocycles.